The summed E-state index contributed by atoms with van der Waals surface area (Å²) in [6.07, 6.45) is 0. The summed E-state index contributed by atoms with van der Waals surface area (Å²) in [6.45, 7) is 0. The predicted molar refractivity (Wildman–Crippen MR) is 61.4 cm³/mol. The van der Waals surface area contributed by atoms with E-state index in [1.807, 2.05) is 43.3 Å². The molecule has 0 fully saturated rings. The van der Waals surface area contributed by atoms with Crippen molar-refractivity contribution in [1.82, 2.24) is 4.90 Å². The van der Waals surface area contributed by atoms with E-state index in [9.17, 15) is 0 Å². The van der Waals surface area contributed by atoms with E-state index in [2.05, 4.69) is 5.32 Å². The van der Waals surface area contributed by atoms with Crippen molar-refractivity contribution in [2.75, 3.05) is 19.4 Å². The molecule has 0 aliphatic carbocycles. The van der Waals surface area contributed by atoms with Gasteiger partial charge in [-0.2, -0.15) is 0 Å². The Hall–Kier alpha value is -0.800. The smallest absolute Gasteiger partial charge is 0.172 e. The van der Waals surface area contributed by atoms with Gasteiger partial charge in [0.15, 0.2) is 5.11 Å². The summed E-state index contributed by atoms with van der Waals surface area (Å²) >= 11 is 11.0. The molecule has 0 atom stereocenters. The fourth-order valence-electron chi connectivity index (χ4n) is 0.790. The summed E-state index contributed by atoms with van der Waals surface area (Å²) in [6, 6.07) is 7.50. The molecule has 0 unspecified atom stereocenters. The van der Waals surface area contributed by atoms with Crippen LogP contribution in [0.3, 0.4) is 0 Å². The van der Waals surface area contributed by atoms with Gasteiger partial charge in [0.2, 0.25) is 0 Å². The fourth-order valence-corrected chi connectivity index (χ4v) is 1.08. The molecule has 0 amide bonds. The van der Waals surface area contributed by atoms with Crippen LogP contribution in [0.4, 0.5) is 5.69 Å². The first-order valence-corrected chi connectivity index (χ1v) is 4.62. The summed E-state index contributed by atoms with van der Waals surface area (Å²) in [4.78, 5) is 1.82. The Labute approximate surface area is 88.5 Å². The number of nitrogens with one attached hydrogen (secondary N) is 1. The molecule has 2 nitrogen and oxygen atoms in total. The van der Waals surface area contributed by atoms with Crippen LogP contribution in [0.5, 0.6) is 0 Å². The lowest BCUT2D eigenvalue weighted by Gasteiger charge is -2.15. The maximum Gasteiger partial charge on any atom is 0.172 e. The van der Waals surface area contributed by atoms with Gasteiger partial charge in [-0.1, -0.05) is 23.7 Å². The van der Waals surface area contributed by atoms with Crippen LogP contribution < -0.4 is 5.32 Å². The summed E-state index contributed by atoms with van der Waals surface area (Å²) in [5.74, 6) is 0. The largest absolute Gasteiger partial charge is 0.355 e. The Morgan fingerprint density at radius 2 is 2.00 bits per heavy atom. The summed E-state index contributed by atoms with van der Waals surface area (Å²) in [5, 5.41) is 4.35. The summed E-state index contributed by atoms with van der Waals surface area (Å²) in [5.41, 5.74) is 0.836. The molecule has 70 valence electrons. The topological polar surface area (TPSA) is 15.3 Å². The lowest BCUT2D eigenvalue weighted by Crippen LogP contribution is -2.27. The predicted octanol–water partition coefficient (Wildman–Crippen LogP) is 2.60. The minimum absolute atomic E-state index is 0.646. The first-order valence-electron chi connectivity index (χ1n) is 3.84. The zero-order valence-electron chi connectivity index (χ0n) is 7.54. The maximum absolute atomic E-state index is 5.93. The van der Waals surface area contributed by atoms with E-state index in [4.69, 9.17) is 23.8 Å². The second-order valence-corrected chi connectivity index (χ2v) is 3.60. The van der Waals surface area contributed by atoms with E-state index in [0.717, 1.165) is 5.69 Å². The van der Waals surface area contributed by atoms with Gasteiger partial charge in [-0.25, -0.2) is 0 Å². The molecule has 0 heterocycles. The van der Waals surface area contributed by atoms with Crippen molar-refractivity contribution < 1.29 is 0 Å². The Kier molecular flexibility index (Phi) is 3.51. The third-order valence-electron chi connectivity index (χ3n) is 1.52. The van der Waals surface area contributed by atoms with E-state index in [0.29, 0.717) is 10.1 Å². The minimum Gasteiger partial charge on any atom is -0.355 e. The normalized spacial score (nSPS) is 9.46. The van der Waals surface area contributed by atoms with Gasteiger partial charge in [-0.05, 0) is 24.4 Å². The number of thiocarbonyl (C=S) groups is 1. The molecule has 0 spiro atoms. The number of halogens is 1. The van der Waals surface area contributed by atoms with Gasteiger partial charge in [0.25, 0.3) is 0 Å². The first-order chi connectivity index (χ1) is 6.11. The molecule has 0 saturated heterocycles. The van der Waals surface area contributed by atoms with Crippen molar-refractivity contribution in [3.05, 3.63) is 29.3 Å². The molecule has 4 heteroatoms. The minimum atomic E-state index is 0.646. The van der Waals surface area contributed by atoms with Gasteiger partial charge in [0, 0.05) is 14.1 Å². The Morgan fingerprint density at radius 1 is 1.38 bits per heavy atom. The van der Waals surface area contributed by atoms with E-state index in [-0.39, 0.29) is 0 Å². The average Bonchev–Trinajstić information content (AvgIpc) is 2.08. The second kappa shape index (κ2) is 4.44. The monoisotopic (exact) mass is 214 g/mol. The zero-order valence-corrected chi connectivity index (χ0v) is 9.12. The van der Waals surface area contributed by atoms with Crippen molar-refractivity contribution in [3.8, 4) is 0 Å². The van der Waals surface area contributed by atoms with Gasteiger partial charge in [0.05, 0.1) is 10.7 Å². The second-order valence-electron chi connectivity index (χ2n) is 2.80. The zero-order chi connectivity index (χ0) is 9.84. The van der Waals surface area contributed by atoms with E-state index < -0.39 is 0 Å². The van der Waals surface area contributed by atoms with Crippen molar-refractivity contribution in [3.63, 3.8) is 0 Å². The van der Waals surface area contributed by atoms with Crippen molar-refractivity contribution in [2.45, 2.75) is 0 Å². The van der Waals surface area contributed by atoms with Crippen LogP contribution in [0, 0.1) is 0 Å². The van der Waals surface area contributed by atoms with Gasteiger partial charge in [-0.15, -0.1) is 0 Å². The third kappa shape index (κ3) is 2.86. The van der Waals surface area contributed by atoms with Crippen molar-refractivity contribution in [2.24, 2.45) is 0 Å². The fraction of sp³-hybridized carbons (Fsp3) is 0.222. The molecule has 0 bridgehead atoms. The lowest BCUT2D eigenvalue weighted by atomic mass is 10.3. The molecule has 0 aliphatic rings. The molecule has 13 heavy (non-hydrogen) atoms. The third-order valence-corrected chi connectivity index (χ3v) is 2.32. The molecular formula is C9H11ClN2S. The van der Waals surface area contributed by atoms with Gasteiger partial charge >= 0.3 is 0 Å². The van der Waals surface area contributed by atoms with E-state index in [1.54, 1.807) is 0 Å². The van der Waals surface area contributed by atoms with Crippen molar-refractivity contribution in [1.29, 1.82) is 0 Å². The Balaban J connectivity index is 2.75. The summed E-state index contributed by atoms with van der Waals surface area (Å²) < 4.78 is 0. The molecular weight excluding hydrogens is 204 g/mol. The first kappa shape index (κ1) is 10.3. The van der Waals surface area contributed by atoms with Gasteiger partial charge in [-0.3, -0.25) is 0 Å². The number of benzene rings is 1. The molecule has 0 radical (unpaired) electrons. The molecule has 1 aromatic carbocycles. The number of anilines is 1. The quantitative estimate of drug-likeness (QED) is 0.724. The highest BCUT2D eigenvalue weighted by Crippen LogP contribution is 2.20. The van der Waals surface area contributed by atoms with Crippen LogP contribution in [0.1, 0.15) is 0 Å². The summed E-state index contributed by atoms with van der Waals surface area (Å²) in [7, 11) is 3.76. The Morgan fingerprint density at radius 3 is 2.54 bits per heavy atom. The average molecular weight is 215 g/mol. The van der Waals surface area contributed by atoms with Crippen LogP contribution >= 0.6 is 23.8 Å². The van der Waals surface area contributed by atoms with Crippen molar-refractivity contribution >= 4 is 34.6 Å². The highest BCUT2D eigenvalue weighted by Gasteiger charge is 2.01. The van der Waals surface area contributed by atoms with E-state index >= 15 is 0 Å². The van der Waals surface area contributed by atoms with Crippen LogP contribution in [-0.2, 0) is 0 Å². The number of para-hydroxylation sites is 1. The van der Waals surface area contributed by atoms with Crippen LogP contribution in [-0.4, -0.2) is 24.1 Å². The highest BCUT2D eigenvalue weighted by atomic mass is 35.5. The molecule has 0 aliphatic heterocycles. The standard InChI is InChI=1S/C9H11ClN2S/c1-12(2)9(13)11-8-6-4-3-5-7(8)10/h3-6H,1-2H3,(H,11,13). The van der Waals surface area contributed by atoms with E-state index in [1.165, 1.54) is 0 Å². The Bertz CT molecular complexity index is 312. The highest BCUT2D eigenvalue weighted by molar-refractivity contribution is 7.80. The number of nitrogens with zero attached hydrogens (tertiary/aromatic N) is 1. The molecule has 1 aromatic rings. The molecule has 0 saturated carbocycles. The molecule has 1 rings (SSSR count). The van der Waals surface area contributed by atoms with Crippen LogP contribution in [0.25, 0.3) is 0 Å². The number of hydrogen-bond acceptors (Lipinski definition) is 1. The number of rotatable bonds is 1. The molecule has 0 aromatic heterocycles. The number of hydrogen-bond donors (Lipinski definition) is 1. The molecule has 1 N–H and O–H groups in total. The van der Waals surface area contributed by atoms with Gasteiger partial charge < -0.3 is 10.2 Å². The SMILES string of the molecule is CN(C)C(=S)Nc1ccccc1Cl. The maximum atomic E-state index is 5.93. The van der Waals surface area contributed by atoms with Gasteiger partial charge in [0.1, 0.15) is 0 Å². The van der Waals surface area contributed by atoms with Crippen LogP contribution in [0.2, 0.25) is 5.02 Å². The van der Waals surface area contributed by atoms with Crippen LogP contribution in [0.15, 0.2) is 24.3 Å². The lowest BCUT2D eigenvalue weighted by molar-refractivity contribution is 0.634.